The van der Waals surface area contributed by atoms with Gasteiger partial charge in [0.2, 0.25) is 0 Å². The van der Waals surface area contributed by atoms with E-state index in [1.807, 2.05) is 0 Å². The van der Waals surface area contributed by atoms with Gasteiger partial charge in [-0.2, -0.15) is 0 Å². The standard InChI is InChI=1S/C24H19N3O6/c1-33-19-7-3-2-5-17(19)14-26-21(16-6-4-12-25-13-16)20(23(29)24(26)30)22(28)15-8-10-18(11-9-15)27(31)32/h2-13,21,28H,14H2,1H3/b22-20-. The summed E-state index contributed by atoms with van der Waals surface area (Å²) < 4.78 is 5.38. The van der Waals surface area contributed by atoms with Crippen LogP contribution in [0.4, 0.5) is 5.69 Å². The number of amides is 1. The van der Waals surface area contributed by atoms with Gasteiger partial charge in [-0.15, -0.1) is 0 Å². The average molecular weight is 445 g/mol. The molecule has 3 aromatic rings. The molecule has 0 saturated carbocycles. The number of aliphatic hydroxyl groups excluding tert-OH is 1. The number of nitrogens with zero attached hydrogens (tertiary/aromatic N) is 3. The number of carbonyl (C=O) groups excluding carboxylic acids is 2. The van der Waals surface area contributed by atoms with Crippen molar-refractivity contribution in [2.75, 3.05) is 7.11 Å². The third kappa shape index (κ3) is 4.03. The molecule has 1 amide bonds. The first-order valence-corrected chi connectivity index (χ1v) is 9.97. The number of para-hydroxylation sites is 1. The van der Waals surface area contributed by atoms with Crippen molar-refractivity contribution in [1.29, 1.82) is 0 Å². The number of Topliss-reactive ketones (excluding diaryl/α,β-unsaturated/α-hetero) is 1. The fraction of sp³-hybridized carbons (Fsp3) is 0.125. The summed E-state index contributed by atoms with van der Waals surface area (Å²) in [6.07, 6.45) is 3.08. The second kappa shape index (κ2) is 8.91. The van der Waals surface area contributed by atoms with Crippen molar-refractivity contribution in [3.05, 3.63) is 105 Å². The highest BCUT2D eigenvalue weighted by atomic mass is 16.6. The van der Waals surface area contributed by atoms with Crippen LogP contribution in [-0.4, -0.2) is 38.7 Å². The van der Waals surface area contributed by atoms with Crippen molar-refractivity contribution < 1.29 is 24.4 Å². The van der Waals surface area contributed by atoms with E-state index >= 15 is 0 Å². The molecule has 0 aliphatic carbocycles. The number of hydrogen-bond donors (Lipinski definition) is 1. The number of rotatable bonds is 6. The van der Waals surface area contributed by atoms with Crippen molar-refractivity contribution in [3.8, 4) is 5.75 Å². The number of benzene rings is 2. The number of pyridine rings is 1. The number of nitro groups is 1. The normalized spacial score (nSPS) is 17.2. The fourth-order valence-electron chi connectivity index (χ4n) is 3.84. The summed E-state index contributed by atoms with van der Waals surface area (Å²) in [5.41, 5.74) is 1.13. The van der Waals surface area contributed by atoms with Gasteiger partial charge in [0.05, 0.1) is 30.2 Å². The molecule has 166 valence electrons. The molecule has 0 radical (unpaired) electrons. The van der Waals surface area contributed by atoms with Crippen molar-refractivity contribution >= 4 is 23.1 Å². The molecule has 2 aromatic carbocycles. The monoisotopic (exact) mass is 445 g/mol. The van der Waals surface area contributed by atoms with Crippen LogP contribution in [0.3, 0.4) is 0 Å². The summed E-state index contributed by atoms with van der Waals surface area (Å²) in [5.74, 6) is -1.49. The van der Waals surface area contributed by atoms with Crippen molar-refractivity contribution in [1.82, 2.24) is 9.88 Å². The summed E-state index contributed by atoms with van der Waals surface area (Å²) in [7, 11) is 1.51. The van der Waals surface area contributed by atoms with E-state index in [1.165, 1.54) is 42.5 Å². The number of methoxy groups -OCH3 is 1. The summed E-state index contributed by atoms with van der Waals surface area (Å²) in [4.78, 5) is 42.0. The molecule has 9 nitrogen and oxygen atoms in total. The van der Waals surface area contributed by atoms with Crippen molar-refractivity contribution in [3.63, 3.8) is 0 Å². The Bertz CT molecular complexity index is 1250. The largest absolute Gasteiger partial charge is 0.507 e. The number of likely N-dealkylation sites (tertiary alicyclic amines) is 1. The van der Waals surface area contributed by atoms with E-state index in [0.717, 1.165) is 0 Å². The molecular weight excluding hydrogens is 426 g/mol. The van der Waals surface area contributed by atoms with Crippen LogP contribution in [0.1, 0.15) is 22.7 Å². The summed E-state index contributed by atoms with van der Waals surface area (Å²) in [5, 5.41) is 22.0. The van der Waals surface area contributed by atoms with Gasteiger partial charge in [-0.1, -0.05) is 24.3 Å². The molecule has 1 aliphatic heterocycles. The first-order valence-electron chi connectivity index (χ1n) is 9.97. The van der Waals surface area contributed by atoms with E-state index in [9.17, 15) is 24.8 Å². The SMILES string of the molecule is COc1ccccc1CN1C(=O)C(=O)/C(=C(\O)c2ccc([N+](=O)[O-])cc2)C1c1cccnc1. The van der Waals surface area contributed by atoms with Crippen LogP contribution in [0.25, 0.3) is 5.76 Å². The molecule has 1 unspecified atom stereocenters. The summed E-state index contributed by atoms with van der Waals surface area (Å²) in [6.45, 7) is 0.0607. The molecular formula is C24H19N3O6. The molecule has 2 heterocycles. The van der Waals surface area contributed by atoms with Gasteiger partial charge >= 0.3 is 0 Å². The van der Waals surface area contributed by atoms with Crippen molar-refractivity contribution in [2.45, 2.75) is 12.6 Å². The Balaban J connectivity index is 1.84. The third-order valence-corrected chi connectivity index (χ3v) is 5.42. The Morgan fingerprint density at radius 3 is 2.48 bits per heavy atom. The van der Waals surface area contributed by atoms with Crippen LogP contribution in [0.15, 0.2) is 78.6 Å². The highest BCUT2D eigenvalue weighted by Gasteiger charge is 2.46. The van der Waals surface area contributed by atoms with Gasteiger partial charge in [-0.3, -0.25) is 24.7 Å². The lowest BCUT2D eigenvalue weighted by atomic mass is 9.96. The zero-order valence-corrected chi connectivity index (χ0v) is 17.5. The predicted molar refractivity (Wildman–Crippen MR) is 118 cm³/mol. The third-order valence-electron chi connectivity index (χ3n) is 5.42. The smallest absolute Gasteiger partial charge is 0.295 e. The maximum absolute atomic E-state index is 13.1. The first kappa shape index (κ1) is 21.7. The van der Waals surface area contributed by atoms with E-state index in [0.29, 0.717) is 16.9 Å². The number of non-ortho nitro benzene ring substituents is 1. The molecule has 1 N–H and O–H groups in total. The highest BCUT2D eigenvalue weighted by Crippen LogP contribution is 2.40. The van der Waals surface area contributed by atoms with Gasteiger partial charge in [0.15, 0.2) is 0 Å². The Morgan fingerprint density at radius 2 is 1.85 bits per heavy atom. The lowest BCUT2D eigenvalue weighted by Crippen LogP contribution is -2.29. The van der Waals surface area contributed by atoms with Gasteiger partial charge in [-0.25, -0.2) is 0 Å². The quantitative estimate of drug-likeness (QED) is 0.202. The van der Waals surface area contributed by atoms with Gasteiger partial charge in [0.1, 0.15) is 11.5 Å². The van der Waals surface area contributed by atoms with Gasteiger partial charge in [0.25, 0.3) is 17.4 Å². The number of aromatic nitrogens is 1. The van der Waals surface area contributed by atoms with Crippen LogP contribution in [0.5, 0.6) is 5.75 Å². The number of ether oxygens (including phenoxy) is 1. The Hall–Kier alpha value is -4.53. The fourth-order valence-corrected chi connectivity index (χ4v) is 3.84. The zero-order valence-electron chi connectivity index (χ0n) is 17.5. The Labute approximate surface area is 188 Å². The minimum Gasteiger partial charge on any atom is -0.507 e. The maximum atomic E-state index is 13.1. The number of ketones is 1. The topological polar surface area (TPSA) is 123 Å². The number of aliphatic hydroxyl groups is 1. The highest BCUT2D eigenvalue weighted by molar-refractivity contribution is 6.46. The van der Waals surface area contributed by atoms with Gasteiger partial charge in [0, 0.05) is 35.7 Å². The lowest BCUT2D eigenvalue weighted by Gasteiger charge is -2.25. The molecule has 9 heteroatoms. The zero-order chi connectivity index (χ0) is 23.5. The van der Waals surface area contributed by atoms with Crippen LogP contribution in [0, 0.1) is 10.1 Å². The average Bonchev–Trinajstić information content (AvgIpc) is 3.09. The minimum absolute atomic E-state index is 0.0607. The molecule has 4 rings (SSSR count). The number of carbonyl (C=O) groups is 2. The number of hydrogen-bond acceptors (Lipinski definition) is 7. The second-order valence-electron chi connectivity index (χ2n) is 7.33. The molecule has 33 heavy (non-hydrogen) atoms. The Kier molecular flexibility index (Phi) is 5.86. The van der Waals surface area contributed by atoms with E-state index in [-0.39, 0.29) is 23.4 Å². The molecule has 1 aromatic heterocycles. The molecule has 1 saturated heterocycles. The molecule has 0 spiro atoms. The van der Waals surface area contributed by atoms with E-state index in [4.69, 9.17) is 4.74 Å². The lowest BCUT2D eigenvalue weighted by molar-refractivity contribution is -0.384. The summed E-state index contributed by atoms with van der Waals surface area (Å²) >= 11 is 0. The van der Waals surface area contributed by atoms with Crippen molar-refractivity contribution in [2.24, 2.45) is 0 Å². The molecule has 1 fully saturated rings. The second-order valence-corrected chi connectivity index (χ2v) is 7.33. The van der Waals surface area contributed by atoms with Crippen LogP contribution in [0.2, 0.25) is 0 Å². The number of nitro benzene ring substituents is 1. The maximum Gasteiger partial charge on any atom is 0.295 e. The van der Waals surface area contributed by atoms with E-state index in [2.05, 4.69) is 4.98 Å². The first-order chi connectivity index (χ1) is 15.9. The van der Waals surface area contributed by atoms with Crippen LogP contribution < -0.4 is 4.74 Å². The molecule has 1 atom stereocenters. The Morgan fingerprint density at radius 1 is 1.12 bits per heavy atom. The minimum atomic E-state index is -0.904. The summed E-state index contributed by atoms with van der Waals surface area (Å²) in [6, 6.07) is 14.7. The molecule has 0 bridgehead atoms. The predicted octanol–water partition coefficient (Wildman–Crippen LogP) is 3.62. The molecule has 1 aliphatic rings. The van der Waals surface area contributed by atoms with Crippen LogP contribution >= 0.6 is 0 Å². The van der Waals surface area contributed by atoms with E-state index in [1.54, 1.807) is 42.6 Å². The van der Waals surface area contributed by atoms with Crippen LogP contribution in [-0.2, 0) is 16.1 Å². The van der Waals surface area contributed by atoms with E-state index < -0.39 is 28.4 Å². The van der Waals surface area contributed by atoms with Gasteiger partial charge in [-0.05, 0) is 29.8 Å². The van der Waals surface area contributed by atoms with Gasteiger partial charge < -0.3 is 14.7 Å².